The molecule has 0 saturated heterocycles. The van der Waals surface area contributed by atoms with E-state index in [2.05, 4.69) is 10.2 Å². The highest BCUT2D eigenvalue weighted by Gasteiger charge is 2.10. The number of rotatable bonds is 5. The molecule has 0 radical (unpaired) electrons. The van der Waals surface area contributed by atoms with E-state index in [9.17, 15) is 17.5 Å². The Bertz CT molecular complexity index is 1330. The summed E-state index contributed by atoms with van der Waals surface area (Å²) in [5, 5.41) is 8.94. The molecule has 0 bridgehead atoms. The second-order valence-corrected chi connectivity index (χ2v) is 10.2. The van der Waals surface area contributed by atoms with Crippen LogP contribution in [0.2, 0.25) is 0 Å². The maximum absolute atomic E-state index is 11.4. The molecule has 0 fully saturated rings. The first-order valence-corrected chi connectivity index (χ1v) is 12.8. The van der Waals surface area contributed by atoms with Gasteiger partial charge in [0.2, 0.25) is 9.60 Å². The van der Waals surface area contributed by atoms with Crippen molar-refractivity contribution in [2.45, 2.75) is 36.7 Å². The molecule has 0 amide bonds. The highest BCUT2D eigenvalue weighted by atomic mass is 32.2. The average molecular weight is 483 g/mol. The summed E-state index contributed by atoms with van der Waals surface area (Å²) in [7, 11) is 0. The predicted octanol–water partition coefficient (Wildman–Crippen LogP) is 3.34. The third-order valence-electron chi connectivity index (χ3n) is 4.57. The van der Waals surface area contributed by atoms with Crippen molar-refractivity contribution < 1.29 is 17.5 Å². The molecule has 0 spiro atoms. The summed E-state index contributed by atoms with van der Waals surface area (Å²) < 4.78 is 47.2. The smallest absolute Gasteiger partial charge is 0.211 e. The Morgan fingerprint density at radius 2 is 1.20 bits per heavy atom. The predicted molar refractivity (Wildman–Crippen MR) is 120 cm³/mol. The molecular formula is C18H18N4O4S4. The maximum Gasteiger partial charge on any atom is 0.211 e. The summed E-state index contributed by atoms with van der Waals surface area (Å²) in [6.07, 6.45) is 0. The molecular weight excluding hydrogens is 464 g/mol. The summed E-state index contributed by atoms with van der Waals surface area (Å²) in [6.45, 7) is 5.38. The number of benzene rings is 2. The molecule has 2 N–H and O–H groups in total. The number of fused-ring (bicyclic) bond motifs is 2. The number of thiazole rings is 2. The van der Waals surface area contributed by atoms with E-state index in [4.69, 9.17) is 0 Å². The van der Waals surface area contributed by atoms with Gasteiger partial charge in [-0.1, -0.05) is 22.7 Å². The average Bonchev–Trinajstić information content (AvgIpc) is 3.27. The monoisotopic (exact) mass is 482 g/mol. The van der Waals surface area contributed by atoms with Gasteiger partial charge in [0, 0.05) is 13.1 Å². The molecule has 8 nitrogen and oxygen atoms in total. The zero-order chi connectivity index (χ0) is 21.4. The Morgan fingerprint density at radius 1 is 0.800 bits per heavy atom. The second kappa shape index (κ2) is 8.65. The van der Waals surface area contributed by atoms with Gasteiger partial charge in [-0.2, -0.15) is 0 Å². The van der Waals surface area contributed by atoms with E-state index in [0.717, 1.165) is 20.4 Å². The highest BCUT2D eigenvalue weighted by Crippen LogP contribution is 2.22. The van der Waals surface area contributed by atoms with Crippen LogP contribution in [0.15, 0.2) is 56.4 Å². The summed E-state index contributed by atoms with van der Waals surface area (Å²) >= 11 is -1.26. The van der Waals surface area contributed by atoms with Gasteiger partial charge in [0.05, 0.1) is 30.2 Å². The first-order valence-electron chi connectivity index (χ1n) is 8.99. The Kier molecular flexibility index (Phi) is 6.14. The van der Waals surface area contributed by atoms with Gasteiger partial charge in [-0.3, -0.25) is 0 Å². The molecule has 2 unspecified atom stereocenters. The summed E-state index contributed by atoms with van der Waals surface area (Å²) in [5.41, 5.74) is 1.86. The van der Waals surface area contributed by atoms with Crippen LogP contribution in [0.5, 0.6) is 0 Å². The van der Waals surface area contributed by atoms with E-state index in [0.29, 0.717) is 32.5 Å². The Morgan fingerprint density at radius 3 is 1.53 bits per heavy atom. The van der Waals surface area contributed by atoms with Crippen LogP contribution >= 0.6 is 22.7 Å². The van der Waals surface area contributed by atoms with E-state index in [1.807, 2.05) is 35.1 Å². The summed E-state index contributed by atoms with van der Waals surface area (Å²) in [6, 6.07) is 10.3. The lowest BCUT2D eigenvalue weighted by atomic mass is 10.3. The second-order valence-electron chi connectivity index (χ2n) is 6.22. The van der Waals surface area contributed by atoms with E-state index in [-0.39, 0.29) is 0 Å². The zero-order valence-corrected chi connectivity index (χ0v) is 19.3. The SMILES string of the molecule is CCn1c(=NN=c2sc3cc(S(=O)O)ccc3n2CC)sc2cc(S(=O)O)ccc21. The number of hydrogen-bond acceptors (Lipinski definition) is 6. The lowest BCUT2D eigenvalue weighted by molar-refractivity contribution is 0.563. The minimum atomic E-state index is -2.03. The Balaban J connectivity index is 1.91. The van der Waals surface area contributed by atoms with Crippen molar-refractivity contribution in [2.24, 2.45) is 10.2 Å². The van der Waals surface area contributed by atoms with Crippen LogP contribution in [0, 0.1) is 0 Å². The summed E-state index contributed by atoms with van der Waals surface area (Å²) in [4.78, 5) is 2.07. The van der Waals surface area contributed by atoms with Gasteiger partial charge in [-0.25, -0.2) is 8.42 Å². The van der Waals surface area contributed by atoms with Crippen molar-refractivity contribution in [3.63, 3.8) is 0 Å². The van der Waals surface area contributed by atoms with E-state index >= 15 is 0 Å². The van der Waals surface area contributed by atoms with Crippen LogP contribution in [0.3, 0.4) is 0 Å². The Labute approximate surface area is 184 Å². The molecule has 4 aromatic rings. The molecule has 0 aliphatic rings. The van der Waals surface area contributed by atoms with E-state index in [1.165, 1.54) is 22.7 Å². The summed E-state index contributed by atoms with van der Waals surface area (Å²) in [5.74, 6) is 0. The normalized spacial score (nSPS) is 15.3. The number of hydrogen-bond donors (Lipinski definition) is 2. The van der Waals surface area contributed by atoms with Crippen LogP contribution in [0.25, 0.3) is 20.4 Å². The quantitative estimate of drug-likeness (QED) is 0.336. The minimum Gasteiger partial charge on any atom is -0.315 e. The molecule has 0 aliphatic heterocycles. The molecule has 0 aliphatic carbocycles. The van der Waals surface area contributed by atoms with Crippen molar-refractivity contribution >= 4 is 65.3 Å². The molecule has 2 aromatic heterocycles. The molecule has 2 atom stereocenters. The molecule has 2 aromatic carbocycles. The van der Waals surface area contributed by atoms with E-state index in [1.54, 1.807) is 24.3 Å². The van der Waals surface area contributed by atoms with Crippen LogP contribution < -0.4 is 9.60 Å². The fraction of sp³-hybridized carbons (Fsp3) is 0.222. The standard InChI is InChI=1S/C18H18N4O4S4/c1-3-21-13-7-5-11(29(23)24)9-15(13)27-17(21)19-20-18-22(4-2)14-8-6-12(30(25)26)10-16(14)28-18/h5-10H,3-4H2,1-2H3,(H,23,24)(H,25,26). The van der Waals surface area contributed by atoms with E-state index < -0.39 is 22.2 Å². The van der Waals surface area contributed by atoms with Gasteiger partial charge in [-0.05, 0) is 50.2 Å². The van der Waals surface area contributed by atoms with Crippen molar-refractivity contribution in [1.29, 1.82) is 0 Å². The van der Waals surface area contributed by atoms with Gasteiger partial charge in [0.25, 0.3) is 0 Å². The minimum absolute atomic E-state index is 0.348. The largest absolute Gasteiger partial charge is 0.315 e. The Hall–Kier alpha value is -1.96. The van der Waals surface area contributed by atoms with Crippen molar-refractivity contribution in [2.75, 3.05) is 0 Å². The van der Waals surface area contributed by atoms with Crippen LogP contribution in [-0.2, 0) is 35.3 Å². The van der Waals surface area contributed by atoms with Crippen molar-refractivity contribution in [3.05, 3.63) is 46.0 Å². The van der Waals surface area contributed by atoms with Gasteiger partial charge < -0.3 is 18.2 Å². The highest BCUT2D eigenvalue weighted by molar-refractivity contribution is 7.79. The fourth-order valence-electron chi connectivity index (χ4n) is 3.17. The molecule has 30 heavy (non-hydrogen) atoms. The van der Waals surface area contributed by atoms with Gasteiger partial charge in [0.15, 0.2) is 22.2 Å². The third kappa shape index (κ3) is 3.86. The van der Waals surface area contributed by atoms with Gasteiger partial charge in [0.1, 0.15) is 0 Å². The number of aromatic nitrogens is 2. The zero-order valence-electron chi connectivity index (χ0n) is 16.0. The molecule has 2 heterocycles. The van der Waals surface area contributed by atoms with Crippen LogP contribution in [0.4, 0.5) is 0 Å². The lowest BCUT2D eigenvalue weighted by Gasteiger charge is -2.01. The van der Waals surface area contributed by atoms with Crippen LogP contribution in [0.1, 0.15) is 13.8 Å². The first-order chi connectivity index (χ1) is 14.4. The topological polar surface area (TPSA) is 109 Å². The third-order valence-corrected chi connectivity index (χ3v) is 7.94. The number of aryl methyl sites for hydroxylation is 2. The lowest BCUT2D eigenvalue weighted by Crippen LogP contribution is -2.16. The molecule has 12 heteroatoms. The maximum atomic E-state index is 11.4. The molecule has 158 valence electrons. The number of nitrogens with zero attached hydrogens (tertiary/aromatic N) is 4. The molecule has 4 rings (SSSR count). The molecule has 0 saturated carbocycles. The van der Waals surface area contributed by atoms with Crippen molar-refractivity contribution in [1.82, 2.24) is 9.13 Å². The fourth-order valence-corrected chi connectivity index (χ4v) is 6.30. The van der Waals surface area contributed by atoms with Gasteiger partial charge in [-0.15, -0.1) is 10.2 Å². The van der Waals surface area contributed by atoms with Crippen molar-refractivity contribution in [3.8, 4) is 0 Å². The van der Waals surface area contributed by atoms with Crippen LogP contribution in [-0.4, -0.2) is 26.7 Å². The van der Waals surface area contributed by atoms with Gasteiger partial charge >= 0.3 is 0 Å². The first kappa shape index (κ1) is 21.3.